The monoisotopic (exact) mass is 543 g/mol. The number of allylic oxidation sites excluding steroid dienone is 2. The van der Waals surface area contributed by atoms with Crippen LogP contribution in [0.3, 0.4) is 0 Å². The van der Waals surface area contributed by atoms with Crippen molar-refractivity contribution >= 4 is 50.0 Å². The number of hydrogen-bond acceptors (Lipinski definition) is 9. The van der Waals surface area contributed by atoms with Crippen LogP contribution in [0.2, 0.25) is 0 Å². The normalized spacial score (nSPS) is 15.2. The Labute approximate surface area is 212 Å². The molecule has 0 saturated carbocycles. The van der Waals surface area contributed by atoms with Crippen LogP contribution in [0.1, 0.15) is 29.5 Å². The largest absolute Gasteiger partial charge is 0.420 e. The first-order chi connectivity index (χ1) is 17.7. The lowest BCUT2D eigenvalue weighted by molar-refractivity contribution is -0.118. The van der Waals surface area contributed by atoms with Gasteiger partial charge in [0.1, 0.15) is 23.3 Å². The van der Waals surface area contributed by atoms with Gasteiger partial charge in [0.05, 0.1) is 18.0 Å². The molecule has 5 rings (SSSR count). The summed E-state index contributed by atoms with van der Waals surface area (Å²) in [6, 6.07) is 7.17. The van der Waals surface area contributed by atoms with Gasteiger partial charge in [-0.1, -0.05) is 24.3 Å². The molecule has 2 heterocycles. The topological polar surface area (TPSA) is 153 Å². The average Bonchev–Trinajstić information content (AvgIpc) is 3.45. The number of halogens is 1. The molecule has 2 aromatic heterocycles. The third kappa shape index (κ3) is 4.56. The average molecular weight is 544 g/mol. The summed E-state index contributed by atoms with van der Waals surface area (Å²) in [6.45, 7) is 1.26. The summed E-state index contributed by atoms with van der Waals surface area (Å²) in [6.07, 6.45) is 4.08. The zero-order chi connectivity index (χ0) is 26.3. The van der Waals surface area contributed by atoms with Crippen molar-refractivity contribution in [1.82, 2.24) is 19.2 Å². The first-order valence-corrected chi connectivity index (χ1v) is 13.1. The molecule has 11 nitrogen and oxygen atoms in total. The number of anilines is 1. The van der Waals surface area contributed by atoms with Crippen LogP contribution in [-0.4, -0.2) is 34.5 Å². The van der Waals surface area contributed by atoms with Gasteiger partial charge in [0.15, 0.2) is 5.58 Å². The summed E-state index contributed by atoms with van der Waals surface area (Å²) in [4.78, 5) is 39.4. The van der Waals surface area contributed by atoms with E-state index in [-0.39, 0.29) is 28.7 Å². The van der Waals surface area contributed by atoms with Crippen molar-refractivity contribution in [1.29, 1.82) is 0 Å². The summed E-state index contributed by atoms with van der Waals surface area (Å²) in [5.41, 5.74) is 2.39. The molecular formula is C23H18FN5O6S2. The van der Waals surface area contributed by atoms with Crippen LogP contribution in [-0.2, 0) is 32.6 Å². The minimum absolute atomic E-state index is 0.0334. The molecule has 14 heteroatoms. The van der Waals surface area contributed by atoms with Gasteiger partial charge in [-0.15, -0.1) is 0 Å². The van der Waals surface area contributed by atoms with Crippen molar-refractivity contribution in [3.05, 3.63) is 81.5 Å². The highest BCUT2D eigenvalue weighted by atomic mass is 32.2. The van der Waals surface area contributed by atoms with E-state index in [0.717, 1.165) is 40.1 Å². The van der Waals surface area contributed by atoms with Crippen LogP contribution in [0.25, 0.3) is 11.1 Å². The number of rotatable bonds is 7. The third-order valence-corrected chi connectivity index (χ3v) is 7.92. The molecule has 1 aliphatic carbocycles. The van der Waals surface area contributed by atoms with E-state index in [9.17, 15) is 22.8 Å². The highest BCUT2D eigenvalue weighted by molar-refractivity contribution is 7.93. The summed E-state index contributed by atoms with van der Waals surface area (Å²) >= 11 is 0.775. The molecule has 1 atom stereocenters. The maximum atomic E-state index is 15.0. The summed E-state index contributed by atoms with van der Waals surface area (Å²) in [5, 5.41) is 2.63. The second-order valence-corrected chi connectivity index (χ2v) is 10.6. The fraction of sp³-hybridized carbons (Fsp3) is 0.174. The number of hydrogen-bond donors (Lipinski definition) is 2. The number of nitrogens with zero attached hydrogens (tertiary/aromatic N) is 3. The summed E-state index contributed by atoms with van der Waals surface area (Å²) < 4.78 is 52.6. The van der Waals surface area contributed by atoms with Crippen LogP contribution in [0.4, 0.5) is 9.52 Å². The predicted octanol–water partition coefficient (Wildman–Crippen LogP) is 2.29. The molecule has 0 saturated heterocycles. The Kier molecular flexibility index (Phi) is 6.21. The maximum absolute atomic E-state index is 15.0. The van der Waals surface area contributed by atoms with E-state index >= 15 is 4.39 Å². The summed E-state index contributed by atoms with van der Waals surface area (Å²) in [7, 11) is -4.37. The molecular weight excluding hydrogens is 525 g/mol. The Hall–Kier alpha value is -4.17. The molecule has 0 aliphatic heterocycles. The Bertz CT molecular complexity index is 1740. The van der Waals surface area contributed by atoms with Crippen LogP contribution in [0, 0.1) is 5.82 Å². The number of aromatic nitrogens is 3. The van der Waals surface area contributed by atoms with Crippen molar-refractivity contribution in [3.8, 4) is 0 Å². The number of aldehydes is 1. The molecule has 1 aliphatic rings. The zero-order valence-electron chi connectivity index (χ0n) is 19.1. The van der Waals surface area contributed by atoms with Crippen molar-refractivity contribution < 1.29 is 26.8 Å². The first kappa shape index (κ1) is 24.5. The fourth-order valence-electron chi connectivity index (χ4n) is 4.34. The van der Waals surface area contributed by atoms with E-state index in [1.54, 1.807) is 18.2 Å². The Balaban J connectivity index is 1.55. The molecule has 2 N–H and O–H groups in total. The Morgan fingerprint density at radius 2 is 2.16 bits per heavy atom. The molecule has 4 aromatic rings. The minimum atomic E-state index is -4.37. The lowest BCUT2D eigenvalue weighted by atomic mass is 9.82. The van der Waals surface area contributed by atoms with E-state index in [1.807, 2.05) is 6.07 Å². The van der Waals surface area contributed by atoms with Gasteiger partial charge in [-0.05, 0) is 23.1 Å². The fourth-order valence-corrected chi connectivity index (χ4v) is 6.07. The molecule has 0 bridgehead atoms. The van der Waals surface area contributed by atoms with Crippen molar-refractivity contribution in [2.45, 2.75) is 30.7 Å². The highest BCUT2D eigenvalue weighted by Crippen LogP contribution is 2.34. The van der Waals surface area contributed by atoms with E-state index in [4.69, 9.17) is 4.42 Å². The number of carbonyl (C=O) groups is 2. The Morgan fingerprint density at radius 3 is 2.86 bits per heavy atom. The van der Waals surface area contributed by atoms with Crippen LogP contribution in [0.15, 0.2) is 62.5 Å². The van der Waals surface area contributed by atoms with Crippen molar-refractivity contribution in [2.75, 3.05) is 4.72 Å². The molecule has 0 spiro atoms. The first-order valence-electron chi connectivity index (χ1n) is 10.8. The second kappa shape index (κ2) is 9.37. The number of oxazole rings is 1. The standard InChI is InChI=1S/C23H18FN5O6S2/c1-12(31)27-17-6-5-13-3-2-4-14(21(13)15(17)10-30)9-29-18-7-16(24)20(8-19(18)35-23(29)32)37(33,34)28-22-25-11-26-36-22/h2-4,6-8,10-11,15H,5,9H2,1H3,(H,27,31)(H,25,26,28). The van der Waals surface area contributed by atoms with Crippen LogP contribution in [0.5, 0.6) is 0 Å². The van der Waals surface area contributed by atoms with E-state index < -0.39 is 32.4 Å². The van der Waals surface area contributed by atoms with Crippen molar-refractivity contribution in [3.63, 3.8) is 0 Å². The smallest absolute Gasteiger partial charge is 0.408 e. The number of benzene rings is 2. The lowest BCUT2D eigenvalue weighted by Gasteiger charge is -2.26. The van der Waals surface area contributed by atoms with E-state index in [0.29, 0.717) is 29.5 Å². The van der Waals surface area contributed by atoms with Gasteiger partial charge >= 0.3 is 5.76 Å². The van der Waals surface area contributed by atoms with Crippen LogP contribution < -0.4 is 15.8 Å². The van der Waals surface area contributed by atoms with Crippen molar-refractivity contribution in [2.24, 2.45) is 0 Å². The zero-order valence-corrected chi connectivity index (χ0v) is 20.7. The van der Waals surface area contributed by atoms with Gasteiger partial charge in [0.25, 0.3) is 10.0 Å². The number of nitrogens with one attached hydrogen (secondary N) is 2. The van der Waals surface area contributed by atoms with E-state index in [1.165, 1.54) is 6.92 Å². The van der Waals surface area contributed by atoms with Gasteiger partial charge in [0.2, 0.25) is 11.0 Å². The van der Waals surface area contributed by atoms with Gasteiger partial charge in [-0.25, -0.2) is 22.6 Å². The second-order valence-electron chi connectivity index (χ2n) is 8.20. The minimum Gasteiger partial charge on any atom is -0.408 e. The predicted molar refractivity (Wildman–Crippen MR) is 131 cm³/mol. The number of sulfonamides is 1. The molecule has 0 fully saturated rings. The molecule has 0 radical (unpaired) electrons. The molecule has 1 amide bonds. The molecule has 1 unspecified atom stereocenters. The maximum Gasteiger partial charge on any atom is 0.420 e. The number of carbonyl (C=O) groups excluding carboxylic acids is 2. The van der Waals surface area contributed by atoms with Gasteiger partial charge in [0, 0.05) is 36.3 Å². The van der Waals surface area contributed by atoms with Gasteiger partial charge in [-0.3, -0.25) is 14.1 Å². The third-order valence-electron chi connectivity index (χ3n) is 5.85. The van der Waals surface area contributed by atoms with Gasteiger partial charge in [-0.2, -0.15) is 4.37 Å². The highest BCUT2D eigenvalue weighted by Gasteiger charge is 2.28. The summed E-state index contributed by atoms with van der Waals surface area (Å²) in [5.74, 6) is -3.03. The molecule has 37 heavy (non-hydrogen) atoms. The SMILES string of the molecule is CC(=O)NC1=CCc2cccc(Cn3c(=O)oc4cc(S(=O)(=O)Nc5ncns5)c(F)cc43)c2C1C=O. The number of fused-ring (bicyclic) bond motifs is 2. The lowest BCUT2D eigenvalue weighted by Crippen LogP contribution is -2.28. The molecule has 190 valence electrons. The quantitative estimate of drug-likeness (QED) is 0.337. The molecule has 2 aromatic carbocycles. The van der Waals surface area contributed by atoms with Gasteiger partial charge < -0.3 is 14.5 Å². The Morgan fingerprint density at radius 1 is 1.35 bits per heavy atom. The number of amides is 1. The van der Waals surface area contributed by atoms with E-state index in [2.05, 4.69) is 19.4 Å². The van der Waals surface area contributed by atoms with Crippen LogP contribution >= 0.6 is 11.5 Å².